The molecule has 0 saturated carbocycles. The molecule has 3 aromatic carbocycles. The van der Waals surface area contributed by atoms with Crippen LogP contribution in [0.5, 0.6) is 0 Å². The minimum atomic E-state index is -4.60. The summed E-state index contributed by atoms with van der Waals surface area (Å²) in [6.07, 6.45) is -2.98. The van der Waals surface area contributed by atoms with Gasteiger partial charge in [0, 0.05) is 24.3 Å². The number of carbonyl (C=O) groups is 2. The van der Waals surface area contributed by atoms with Gasteiger partial charge in [0.25, 0.3) is 5.91 Å². The van der Waals surface area contributed by atoms with Gasteiger partial charge >= 0.3 is 6.18 Å². The maximum atomic E-state index is 13.1. The fourth-order valence-corrected chi connectivity index (χ4v) is 7.22. The Labute approximate surface area is 272 Å². The van der Waals surface area contributed by atoms with Crippen molar-refractivity contribution < 1.29 is 31.2 Å². The standard InChI is InChI=1S/C30H28ClF3N6O4S2/c1-19-5-4-6-22(15-19)40-26(17-35-28(42)20-7-10-23(11-8-20)46(43,44)39-13-2-3-14-39)37-38-29(40)45-18-27(41)36-25-16-21(30(32,33)34)9-12-24(25)31/h4-12,15-16H,2-3,13-14,17-18H2,1H3,(H,35,42)(H,36,41). The molecule has 2 N–H and O–H groups in total. The van der Waals surface area contributed by atoms with E-state index < -0.39 is 33.6 Å². The van der Waals surface area contributed by atoms with Crippen LogP contribution in [0.2, 0.25) is 5.02 Å². The molecule has 0 unspecified atom stereocenters. The van der Waals surface area contributed by atoms with E-state index >= 15 is 0 Å². The van der Waals surface area contributed by atoms with Crippen molar-refractivity contribution in [3.8, 4) is 5.69 Å². The van der Waals surface area contributed by atoms with Crippen LogP contribution in [-0.2, 0) is 27.5 Å². The third-order valence-electron chi connectivity index (χ3n) is 7.09. The van der Waals surface area contributed by atoms with Gasteiger partial charge in [-0.25, -0.2) is 8.42 Å². The van der Waals surface area contributed by atoms with Gasteiger partial charge in [0.2, 0.25) is 15.9 Å². The van der Waals surface area contributed by atoms with Gasteiger partial charge in [-0.15, -0.1) is 10.2 Å². The first-order valence-electron chi connectivity index (χ1n) is 14.0. The minimum absolute atomic E-state index is 0.0461. The normalized spacial score (nSPS) is 13.9. The highest BCUT2D eigenvalue weighted by Crippen LogP contribution is 2.34. The number of sulfonamides is 1. The molecule has 0 atom stereocenters. The van der Waals surface area contributed by atoms with Gasteiger partial charge in [-0.05, 0) is 79.9 Å². The molecule has 242 valence electrons. The Morgan fingerprint density at radius 1 is 1.00 bits per heavy atom. The number of hydrogen-bond donors (Lipinski definition) is 2. The number of amides is 2. The highest BCUT2D eigenvalue weighted by atomic mass is 35.5. The van der Waals surface area contributed by atoms with Crippen LogP contribution in [0.1, 0.15) is 40.2 Å². The summed E-state index contributed by atoms with van der Waals surface area (Å²) in [4.78, 5) is 25.8. The number of carbonyl (C=O) groups excluding carboxylic acids is 2. The van der Waals surface area contributed by atoms with Crippen LogP contribution < -0.4 is 10.6 Å². The van der Waals surface area contributed by atoms with Crippen LogP contribution in [0.25, 0.3) is 5.69 Å². The van der Waals surface area contributed by atoms with Crippen LogP contribution in [0.3, 0.4) is 0 Å². The molecule has 1 aliphatic heterocycles. The van der Waals surface area contributed by atoms with E-state index in [1.54, 1.807) is 10.6 Å². The Bertz CT molecular complexity index is 1860. The van der Waals surface area contributed by atoms with Gasteiger partial charge in [-0.3, -0.25) is 14.2 Å². The first kappa shape index (κ1) is 33.4. The second-order valence-corrected chi connectivity index (χ2v) is 13.7. The summed E-state index contributed by atoms with van der Waals surface area (Å²) in [5, 5.41) is 13.8. The van der Waals surface area contributed by atoms with Gasteiger partial charge in [0.1, 0.15) is 0 Å². The van der Waals surface area contributed by atoms with Gasteiger partial charge in [-0.1, -0.05) is 35.5 Å². The zero-order valence-corrected chi connectivity index (χ0v) is 26.7. The molecule has 0 aliphatic carbocycles. The number of aromatic nitrogens is 3. The molecule has 10 nitrogen and oxygen atoms in total. The van der Waals surface area contributed by atoms with Crippen LogP contribution in [-0.4, -0.2) is 58.1 Å². The fourth-order valence-electron chi connectivity index (χ4n) is 4.77. The largest absolute Gasteiger partial charge is 0.416 e. The molecule has 0 bridgehead atoms. The van der Waals surface area contributed by atoms with E-state index in [1.807, 2.05) is 25.1 Å². The molecule has 1 saturated heterocycles. The quantitative estimate of drug-likeness (QED) is 0.205. The summed E-state index contributed by atoms with van der Waals surface area (Å²) in [7, 11) is -3.62. The van der Waals surface area contributed by atoms with E-state index in [4.69, 9.17) is 11.6 Å². The molecular weight excluding hydrogens is 665 g/mol. The van der Waals surface area contributed by atoms with Gasteiger partial charge in [-0.2, -0.15) is 17.5 Å². The lowest BCUT2D eigenvalue weighted by Gasteiger charge is -2.15. The number of hydrogen-bond acceptors (Lipinski definition) is 7. The molecule has 1 aromatic heterocycles. The van der Waals surface area contributed by atoms with Crippen molar-refractivity contribution in [1.82, 2.24) is 24.4 Å². The summed E-state index contributed by atoms with van der Waals surface area (Å²) in [5.41, 5.74) is 0.718. The molecule has 0 radical (unpaired) electrons. The molecule has 1 aliphatic rings. The van der Waals surface area contributed by atoms with Crippen LogP contribution in [0.4, 0.5) is 18.9 Å². The highest BCUT2D eigenvalue weighted by Gasteiger charge is 2.31. The third kappa shape index (κ3) is 7.71. The maximum Gasteiger partial charge on any atom is 0.416 e. The van der Waals surface area contributed by atoms with Gasteiger partial charge < -0.3 is 10.6 Å². The Morgan fingerprint density at radius 2 is 1.72 bits per heavy atom. The molecule has 46 heavy (non-hydrogen) atoms. The second kappa shape index (κ2) is 13.8. The van der Waals surface area contributed by atoms with Crippen molar-refractivity contribution in [2.45, 2.75) is 42.5 Å². The predicted molar refractivity (Wildman–Crippen MR) is 168 cm³/mol. The van der Waals surface area contributed by atoms with E-state index in [-0.39, 0.29) is 33.5 Å². The number of rotatable bonds is 10. The third-order valence-corrected chi connectivity index (χ3v) is 10.3. The number of alkyl halides is 3. The predicted octanol–water partition coefficient (Wildman–Crippen LogP) is 5.69. The number of benzene rings is 3. The number of nitrogens with one attached hydrogen (secondary N) is 2. The Balaban J connectivity index is 1.29. The lowest BCUT2D eigenvalue weighted by molar-refractivity contribution is -0.137. The minimum Gasteiger partial charge on any atom is -0.345 e. The molecule has 16 heteroatoms. The Hall–Kier alpha value is -3.92. The van der Waals surface area contributed by atoms with Crippen molar-refractivity contribution in [2.24, 2.45) is 0 Å². The van der Waals surface area contributed by atoms with Crippen molar-refractivity contribution in [1.29, 1.82) is 0 Å². The molecule has 5 rings (SSSR count). The van der Waals surface area contributed by atoms with E-state index in [2.05, 4.69) is 20.8 Å². The zero-order chi connectivity index (χ0) is 33.1. The van der Waals surface area contributed by atoms with E-state index in [1.165, 1.54) is 28.6 Å². The van der Waals surface area contributed by atoms with Gasteiger partial charge in [0.05, 0.1) is 33.5 Å². The van der Waals surface area contributed by atoms with Crippen molar-refractivity contribution >= 4 is 50.9 Å². The molecule has 0 spiro atoms. The van der Waals surface area contributed by atoms with E-state index in [0.29, 0.717) is 29.8 Å². The van der Waals surface area contributed by atoms with Crippen LogP contribution in [0.15, 0.2) is 76.8 Å². The fraction of sp³-hybridized carbons (Fsp3) is 0.267. The first-order valence-corrected chi connectivity index (χ1v) is 16.8. The average Bonchev–Trinajstić information content (AvgIpc) is 3.71. The summed E-state index contributed by atoms with van der Waals surface area (Å²) < 4.78 is 68.1. The number of aryl methyl sites for hydroxylation is 1. The highest BCUT2D eigenvalue weighted by molar-refractivity contribution is 7.99. The summed E-state index contributed by atoms with van der Waals surface area (Å²) >= 11 is 7.01. The second-order valence-electron chi connectivity index (χ2n) is 10.4. The zero-order valence-electron chi connectivity index (χ0n) is 24.3. The van der Waals surface area contributed by atoms with Crippen molar-refractivity contribution in [3.63, 3.8) is 0 Å². The maximum absolute atomic E-state index is 13.1. The molecular formula is C30H28ClF3N6O4S2. The lowest BCUT2D eigenvalue weighted by atomic mass is 10.2. The molecule has 4 aromatic rings. The van der Waals surface area contributed by atoms with E-state index in [9.17, 15) is 31.2 Å². The first-order chi connectivity index (χ1) is 21.8. The van der Waals surface area contributed by atoms with Crippen LogP contribution >= 0.6 is 23.4 Å². The number of halogens is 4. The van der Waals surface area contributed by atoms with Crippen molar-refractivity contribution in [2.75, 3.05) is 24.2 Å². The Morgan fingerprint density at radius 3 is 2.39 bits per heavy atom. The summed E-state index contributed by atoms with van der Waals surface area (Å²) in [6, 6.07) is 15.7. The number of nitrogens with zero attached hydrogens (tertiary/aromatic N) is 4. The Kier molecular flexibility index (Phi) is 10.1. The molecule has 2 heterocycles. The molecule has 2 amide bonds. The smallest absolute Gasteiger partial charge is 0.345 e. The number of thioether (sulfide) groups is 1. The number of anilines is 1. The topological polar surface area (TPSA) is 126 Å². The monoisotopic (exact) mass is 692 g/mol. The van der Waals surface area contributed by atoms with E-state index in [0.717, 1.165) is 48.4 Å². The average molecular weight is 693 g/mol. The summed E-state index contributed by atoms with van der Waals surface area (Å²) in [6.45, 7) is 2.78. The lowest BCUT2D eigenvalue weighted by Crippen LogP contribution is -2.28. The van der Waals surface area contributed by atoms with Gasteiger partial charge in [0.15, 0.2) is 11.0 Å². The van der Waals surface area contributed by atoms with Crippen molar-refractivity contribution in [3.05, 3.63) is 94.3 Å². The molecule has 1 fully saturated rings. The van der Waals surface area contributed by atoms with Crippen LogP contribution in [0, 0.1) is 6.92 Å². The summed E-state index contributed by atoms with van der Waals surface area (Å²) in [5.74, 6) is -0.961. The SMILES string of the molecule is Cc1cccc(-n2c(CNC(=O)c3ccc(S(=O)(=O)N4CCCC4)cc3)nnc2SCC(=O)Nc2cc(C(F)(F)F)ccc2Cl)c1.